The molecule has 0 N–H and O–H groups in total. The van der Waals surface area contributed by atoms with Gasteiger partial charge in [0.2, 0.25) is 0 Å². The number of nitriles is 1. The van der Waals surface area contributed by atoms with Gasteiger partial charge in [0.15, 0.2) is 0 Å². The number of aromatic nitrogens is 2. The van der Waals surface area contributed by atoms with Gasteiger partial charge in [-0.1, -0.05) is 40.2 Å². The van der Waals surface area contributed by atoms with Crippen molar-refractivity contribution in [2.75, 3.05) is 0 Å². The second kappa shape index (κ2) is 8.68. The van der Waals surface area contributed by atoms with E-state index in [1.54, 1.807) is 26.0 Å². The molecule has 0 aliphatic heterocycles. The zero-order valence-corrected chi connectivity index (χ0v) is 17.1. The Morgan fingerprint density at radius 1 is 1.18 bits per heavy atom. The predicted octanol–water partition coefficient (Wildman–Crippen LogP) is 5.09. The zero-order chi connectivity index (χ0) is 20.1. The lowest BCUT2D eigenvalue weighted by Crippen LogP contribution is -2.15. The molecule has 1 aromatic heterocycles. The highest BCUT2D eigenvalue weighted by Gasteiger charge is 2.15. The van der Waals surface area contributed by atoms with Gasteiger partial charge in [-0.3, -0.25) is 4.79 Å². The van der Waals surface area contributed by atoms with E-state index in [-0.39, 0.29) is 5.57 Å². The molecule has 0 aliphatic carbocycles. The predicted molar refractivity (Wildman–Crippen MR) is 111 cm³/mol. The van der Waals surface area contributed by atoms with Crippen LogP contribution in [0.25, 0.3) is 6.08 Å². The molecule has 140 valence electrons. The number of ether oxygens (including phenoxy) is 1. The summed E-state index contributed by atoms with van der Waals surface area (Å²) in [5.41, 5.74) is 3.25. The first-order valence-electron chi connectivity index (χ1n) is 8.63. The van der Waals surface area contributed by atoms with E-state index >= 15 is 0 Å². The highest BCUT2D eigenvalue weighted by molar-refractivity contribution is 9.10. The van der Waals surface area contributed by atoms with Gasteiger partial charge < -0.3 is 4.74 Å². The summed E-state index contributed by atoms with van der Waals surface area (Å²) in [7, 11) is 0. The van der Waals surface area contributed by atoms with Gasteiger partial charge >= 0.3 is 0 Å². The van der Waals surface area contributed by atoms with E-state index < -0.39 is 5.91 Å². The Hall–Kier alpha value is -3.17. The fourth-order valence-electron chi connectivity index (χ4n) is 2.66. The van der Waals surface area contributed by atoms with Crippen LogP contribution in [0.2, 0.25) is 0 Å². The first-order valence-corrected chi connectivity index (χ1v) is 9.42. The summed E-state index contributed by atoms with van der Waals surface area (Å²) in [4.78, 5) is 12.5. The van der Waals surface area contributed by atoms with Gasteiger partial charge in [-0.05, 0) is 61.4 Å². The third kappa shape index (κ3) is 4.76. The first-order chi connectivity index (χ1) is 13.5. The van der Waals surface area contributed by atoms with E-state index in [1.807, 2.05) is 54.6 Å². The Kier molecular flexibility index (Phi) is 6.07. The second-order valence-electron chi connectivity index (χ2n) is 6.30. The van der Waals surface area contributed by atoms with E-state index in [0.29, 0.717) is 18.1 Å². The SMILES string of the molecule is Cc1cc(C)n(C(=O)/C(C#N)=C/c2ccc(OCc3ccc(Br)cc3)cc2)n1. The lowest BCUT2D eigenvalue weighted by atomic mass is 10.1. The van der Waals surface area contributed by atoms with Crippen molar-refractivity contribution in [1.82, 2.24) is 9.78 Å². The molecule has 0 radical (unpaired) electrons. The van der Waals surface area contributed by atoms with Crippen molar-refractivity contribution >= 4 is 27.9 Å². The molecule has 3 rings (SSSR count). The Morgan fingerprint density at radius 2 is 1.86 bits per heavy atom. The largest absolute Gasteiger partial charge is 0.489 e. The van der Waals surface area contributed by atoms with Crippen LogP contribution in [0.4, 0.5) is 0 Å². The average molecular weight is 436 g/mol. The molecule has 0 saturated carbocycles. The Balaban J connectivity index is 1.71. The molecular weight excluding hydrogens is 418 g/mol. The molecule has 0 spiro atoms. The summed E-state index contributed by atoms with van der Waals surface area (Å²) in [6.07, 6.45) is 1.55. The minimum atomic E-state index is -0.441. The standard InChI is InChI=1S/C22H18BrN3O2/c1-15-11-16(2)26(25-15)22(27)19(13-24)12-17-5-9-21(10-6-17)28-14-18-3-7-20(23)8-4-18/h3-12H,14H2,1-2H3/b19-12+. The van der Waals surface area contributed by atoms with E-state index in [9.17, 15) is 10.1 Å². The fraction of sp³-hybridized carbons (Fsp3) is 0.136. The van der Waals surface area contributed by atoms with E-state index in [0.717, 1.165) is 21.3 Å². The molecular formula is C22H18BrN3O2. The zero-order valence-electron chi connectivity index (χ0n) is 15.5. The molecule has 0 amide bonds. The third-order valence-electron chi connectivity index (χ3n) is 4.06. The minimum absolute atomic E-state index is 0.0229. The number of benzene rings is 2. The van der Waals surface area contributed by atoms with Crippen LogP contribution in [-0.2, 0) is 6.61 Å². The number of aryl methyl sites for hydroxylation is 2. The van der Waals surface area contributed by atoms with E-state index in [2.05, 4.69) is 21.0 Å². The van der Waals surface area contributed by atoms with E-state index in [4.69, 9.17) is 4.74 Å². The molecule has 5 nitrogen and oxygen atoms in total. The fourth-order valence-corrected chi connectivity index (χ4v) is 2.93. The highest BCUT2D eigenvalue weighted by Crippen LogP contribution is 2.18. The topological polar surface area (TPSA) is 67.9 Å². The molecule has 0 bridgehead atoms. The maximum absolute atomic E-state index is 12.5. The number of nitrogens with zero attached hydrogens (tertiary/aromatic N) is 3. The van der Waals surface area contributed by atoms with Gasteiger partial charge in [0.05, 0.1) is 5.69 Å². The van der Waals surface area contributed by atoms with Crippen LogP contribution in [0, 0.1) is 25.2 Å². The molecule has 1 heterocycles. The van der Waals surface area contributed by atoms with Gasteiger partial charge in [-0.15, -0.1) is 0 Å². The summed E-state index contributed by atoms with van der Waals surface area (Å²) >= 11 is 3.41. The summed E-state index contributed by atoms with van der Waals surface area (Å²) < 4.78 is 8.05. The van der Waals surface area contributed by atoms with Gasteiger partial charge in [0.1, 0.15) is 24.0 Å². The summed E-state index contributed by atoms with van der Waals surface area (Å²) in [5, 5.41) is 13.5. The quantitative estimate of drug-likeness (QED) is 0.413. The van der Waals surface area contributed by atoms with Gasteiger partial charge in [-0.2, -0.15) is 10.4 Å². The maximum Gasteiger partial charge on any atom is 0.289 e. The van der Waals surface area contributed by atoms with Crippen molar-refractivity contribution in [3.05, 3.63) is 87.2 Å². The van der Waals surface area contributed by atoms with Crippen molar-refractivity contribution < 1.29 is 9.53 Å². The minimum Gasteiger partial charge on any atom is -0.489 e. The number of halogens is 1. The van der Waals surface area contributed by atoms with Gasteiger partial charge in [0.25, 0.3) is 5.91 Å². The van der Waals surface area contributed by atoms with Crippen molar-refractivity contribution in [2.24, 2.45) is 0 Å². The highest BCUT2D eigenvalue weighted by atomic mass is 79.9. The molecule has 6 heteroatoms. The molecule has 28 heavy (non-hydrogen) atoms. The number of rotatable bonds is 5. The van der Waals surface area contributed by atoms with Crippen LogP contribution in [0.3, 0.4) is 0 Å². The molecule has 0 fully saturated rings. The first kappa shape index (κ1) is 19.6. The lowest BCUT2D eigenvalue weighted by Gasteiger charge is -2.07. The maximum atomic E-state index is 12.5. The number of hydrogen-bond acceptors (Lipinski definition) is 4. The van der Waals surface area contributed by atoms with Crippen LogP contribution in [0.15, 0.2) is 64.6 Å². The molecule has 0 aliphatic rings. The van der Waals surface area contributed by atoms with Crippen molar-refractivity contribution in [1.29, 1.82) is 5.26 Å². The molecule has 2 aromatic carbocycles. The molecule has 0 saturated heterocycles. The van der Waals surface area contributed by atoms with Crippen molar-refractivity contribution in [3.8, 4) is 11.8 Å². The lowest BCUT2D eigenvalue weighted by molar-refractivity contribution is 0.0943. The van der Waals surface area contributed by atoms with E-state index in [1.165, 1.54) is 4.68 Å². The normalized spacial score (nSPS) is 11.1. The van der Waals surface area contributed by atoms with Gasteiger partial charge in [0, 0.05) is 10.2 Å². The number of allylic oxidation sites excluding steroid dienone is 1. The monoisotopic (exact) mass is 435 g/mol. The van der Waals surface area contributed by atoms with Crippen LogP contribution in [0.1, 0.15) is 27.3 Å². The van der Waals surface area contributed by atoms with Crippen LogP contribution in [-0.4, -0.2) is 15.7 Å². The van der Waals surface area contributed by atoms with Gasteiger partial charge in [-0.25, -0.2) is 4.68 Å². The summed E-state index contributed by atoms with van der Waals surface area (Å²) in [6, 6.07) is 18.9. The van der Waals surface area contributed by atoms with Crippen LogP contribution < -0.4 is 4.74 Å². The molecule has 3 aromatic rings. The number of carbonyl (C=O) groups excluding carboxylic acids is 1. The Labute approximate surface area is 172 Å². The third-order valence-corrected chi connectivity index (χ3v) is 4.59. The summed E-state index contributed by atoms with van der Waals surface area (Å²) in [5.74, 6) is 0.270. The molecule has 0 atom stereocenters. The van der Waals surface area contributed by atoms with Crippen molar-refractivity contribution in [3.63, 3.8) is 0 Å². The second-order valence-corrected chi connectivity index (χ2v) is 7.21. The Bertz CT molecular complexity index is 1060. The van der Waals surface area contributed by atoms with Crippen LogP contribution >= 0.6 is 15.9 Å². The summed E-state index contributed by atoms with van der Waals surface area (Å²) in [6.45, 7) is 4.05. The average Bonchev–Trinajstić information content (AvgIpc) is 3.04. The van der Waals surface area contributed by atoms with Crippen LogP contribution in [0.5, 0.6) is 5.75 Å². The molecule has 0 unspecified atom stereocenters. The Morgan fingerprint density at radius 3 is 2.43 bits per heavy atom. The van der Waals surface area contributed by atoms with Crippen molar-refractivity contribution in [2.45, 2.75) is 20.5 Å². The number of carbonyl (C=O) groups is 1. The number of hydrogen-bond donors (Lipinski definition) is 0. The smallest absolute Gasteiger partial charge is 0.289 e.